The minimum atomic E-state index is -0.507. The van der Waals surface area contributed by atoms with E-state index in [-0.39, 0.29) is 35.2 Å². The van der Waals surface area contributed by atoms with Gasteiger partial charge in [-0.15, -0.1) is 0 Å². The third kappa shape index (κ3) is 6.18. The number of likely N-dealkylation sites (tertiary alicyclic amines) is 1. The highest BCUT2D eigenvalue weighted by molar-refractivity contribution is 6.01. The molecule has 0 radical (unpaired) electrons. The van der Waals surface area contributed by atoms with Crippen molar-refractivity contribution in [3.8, 4) is 0 Å². The van der Waals surface area contributed by atoms with Gasteiger partial charge in [0.2, 0.25) is 17.8 Å². The maximum atomic E-state index is 12.4. The average Bonchev–Trinajstić information content (AvgIpc) is 3.72. The molecule has 2 aliphatic heterocycles. The van der Waals surface area contributed by atoms with Crippen molar-refractivity contribution in [1.82, 2.24) is 30.2 Å². The molecule has 2 aromatic heterocycles. The summed E-state index contributed by atoms with van der Waals surface area (Å²) in [6.45, 7) is 8.52. The highest BCUT2D eigenvalue weighted by atomic mass is 16.6. The Morgan fingerprint density at radius 1 is 1.08 bits per heavy atom. The summed E-state index contributed by atoms with van der Waals surface area (Å²) in [6, 6.07) is 1.60. The van der Waals surface area contributed by atoms with E-state index in [1.807, 2.05) is 20.8 Å². The van der Waals surface area contributed by atoms with E-state index in [9.17, 15) is 14.4 Å². The van der Waals surface area contributed by atoms with Gasteiger partial charge in [-0.3, -0.25) is 9.59 Å². The van der Waals surface area contributed by atoms with Gasteiger partial charge in [-0.05, 0) is 46.5 Å². The molecule has 5 rings (SSSR count). The molecule has 39 heavy (non-hydrogen) atoms. The van der Waals surface area contributed by atoms with E-state index < -0.39 is 5.60 Å². The van der Waals surface area contributed by atoms with Gasteiger partial charge in [0.05, 0.1) is 11.3 Å². The predicted octanol–water partition coefficient (Wildman–Crippen LogP) is 2.56. The molecule has 13 heteroatoms. The number of piperidine rings is 1. The van der Waals surface area contributed by atoms with Crippen molar-refractivity contribution in [2.24, 2.45) is 11.3 Å². The average molecular weight is 538 g/mol. The minimum Gasteiger partial charge on any atom is -0.444 e. The van der Waals surface area contributed by atoms with E-state index in [2.05, 4.69) is 40.8 Å². The van der Waals surface area contributed by atoms with E-state index in [4.69, 9.17) is 4.74 Å². The van der Waals surface area contributed by atoms with Crippen molar-refractivity contribution in [3.05, 3.63) is 24.2 Å². The molecule has 2 saturated heterocycles. The molecule has 3 amide bonds. The SMILES string of the molecule is CNC(=O)c1cnc(NC(=O)C2CC2)cc1Nc1ncnc(N2CC3(CCN(C(=O)OC(C)(C)C)CC3)C2)n1. The fourth-order valence-electron chi connectivity index (χ4n) is 4.85. The summed E-state index contributed by atoms with van der Waals surface area (Å²) in [4.78, 5) is 58.3. The van der Waals surface area contributed by atoms with E-state index in [0.29, 0.717) is 36.1 Å². The number of nitrogens with zero attached hydrogens (tertiary/aromatic N) is 6. The molecule has 0 aromatic carbocycles. The maximum Gasteiger partial charge on any atom is 0.410 e. The molecule has 3 aliphatic rings. The number of carbonyl (C=O) groups excluding carboxylic acids is 3. The van der Waals surface area contributed by atoms with Crippen molar-refractivity contribution >= 4 is 41.3 Å². The minimum absolute atomic E-state index is 0.0253. The second-order valence-electron chi connectivity index (χ2n) is 11.5. The number of nitrogens with one attached hydrogen (secondary N) is 3. The van der Waals surface area contributed by atoms with Gasteiger partial charge in [0.1, 0.15) is 17.7 Å². The highest BCUT2D eigenvalue weighted by Crippen LogP contribution is 2.42. The fraction of sp³-hybridized carbons (Fsp3) is 0.577. The molecule has 208 valence electrons. The van der Waals surface area contributed by atoms with Crippen LogP contribution in [0.25, 0.3) is 0 Å². The zero-order valence-corrected chi connectivity index (χ0v) is 22.8. The van der Waals surface area contributed by atoms with Gasteiger partial charge in [0.15, 0.2) is 0 Å². The van der Waals surface area contributed by atoms with Gasteiger partial charge in [-0.25, -0.2) is 19.7 Å². The van der Waals surface area contributed by atoms with E-state index >= 15 is 0 Å². The molecule has 3 fully saturated rings. The van der Waals surface area contributed by atoms with E-state index in [0.717, 1.165) is 38.8 Å². The highest BCUT2D eigenvalue weighted by Gasteiger charge is 2.47. The number of pyridine rings is 1. The number of rotatable bonds is 6. The van der Waals surface area contributed by atoms with Crippen molar-refractivity contribution in [1.29, 1.82) is 0 Å². The van der Waals surface area contributed by atoms with Crippen LogP contribution in [-0.2, 0) is 9.53 Å². The lowest BCUT2D eigenvalue weighted by atomic mass is 9.72. The van der Waals surface area contributed by atoms with Crippen LogP contribution < -0.4 is 20.9 Å². The molecule has 4 heterocycles. The summed E-state index contributed by atoms with van der Waals surface area (Å²) in [5, 5.41) is 8.50. The lowest BCUT2D eigenvalue weighted by Gasteiger charge is -2.53. The summed E-state index contributed by atoms with van der Waals surface area (Å²) >= 11 is 0. The maximum absolute atomic E-state index is 12.4. The normalized spacial score (nSPS) is 18.3. The Balaban J connectivity index is 1.23. The molecule has 13 nitrogen and oxygen atoms in total. The third-order valence-electron chi connectivity index (χ3n) is 7.19. The molecule has 0 unspecified atom stereocenters. The lowest BCUT2D eigenvalue weighted by molar-refractivity contribution is -0.117. The predicted molar refractivity (Wildman–Crippen MR) is 144 cm³/mol. The number of hydrogen-bond acceptors (Lipinski definition) is 10. The largest absolute Gasteiger partial charge is 0.444 e. The van der Waals surface area contributed by atoms with Crippen LogP contribution in [0.4, 0.5) is 28.2 Å². The van der Waals surface area contributed by atoms with E-state index in [1.165, 1.54) is 19.6 Å². The number of anilines is 4. The quantitative estimate of drug-likeness (QED) is 0.501. The molecule has 1 spiro atoms. The molecular weight excluding hydrogens is 502 g/mol. The summed E-state index contributed by atoms with van der Waals surface area (Å²) in [5.74, 6) is 0.770. The molecule has 2 aromatic rings. The Kier molecular flexibility index (Phi) is 7.00. The Bertz CT molecular complexity index is 1260. The van der Waals surface area contributed by atoms with E-state index in [1.54, 1.807) is 11.0 Å². The Hall–Kier alpha value is -4.03. The van der Waals surface area contributed by atoms with Gasteiger partial charge >= 0.3 is 6.09 Å². The molecule has 3 N–H and O–H groups in total. The standard InChI is InChI=1S/C26H35N9O4/c1-25(2,3)39-24(38)34-9-7-26(8-10-34)13-35(14-26)23-30-15-29-22(33-23)31-18-11-19(32-20(36)16-5-6-16)28-12-17(18)21(37)27-4/h11-12,15-16H,5-10,13-14H2,1-4H3,(H,27,37)(H2,28,29,30,31,32,33,36). The Morgan fingerprint density at radius 2 is 1.79 bits per heavy atom. The number of aromatic nitrogens is 4. The van der Waals surface area contributed by atoms with Crippen LogP contribution >= 0.6 is 0 Å². The van der Waals surface area contributed by atoms with Gasteiger partial charge in [-0.1, -0.05) is 0 Å². The second-order valence-corrected chi connectivity index (χ2v) is 11.5. The zero-order valence-electron chi connectivity index (χ0n) is 22.8. The zero-order chi connectivity index (χ0) is 27.8. The number of hydrogen-bond donors (Lipinski definition) is 3. The Labute approximate surface area is 227 Å². The first kappa shape index (κ1) is 26.6. The first-order valence-corrected chi connectivity index (χ1v) is 13.3. The van der Waals surface area contributed by atoms with Crippen LogP contribution in [0, 0.1) is 11.3 Å². The first-order valence-electron chi connectivity index (χ1n) is 13.3. The summed E-state index contributed by atoms with van der Waals surface area (Å²) in [5.41, 5.74) is 0.323. The number of ether oxygens (including phenoxy) is 1. The first-order chi connectivity index (χ1) is 18.5. The van der Waals surface area contributed by atoms with Crippen LogP contribution in [-0.4, -0.2) is 81.6 Å². The van der Waals surface area contributed by atoms with Crippen LogP contribution in [0.2, 0.25) is 0 Å². The van der Waals surface area contributed by atoms with Crippen molar-refractivity contribution in [2.45, 2.75) is 52.1 Å². The lowest BCUT2D eigenvalue weighted by Crippen LogP contribution is -2.61. The van der Waals surface area contributed by atoms with Crippen LogP contribution in [0.15, 0.2) is 18.6 Å². The van der Waals surface area contributed by atoms with Crippen LogP contribution in [0.5, 0.6) is 0 Å². The Morgan fingerprint density at radius 3 is 2.44 bits per heavy atom. The summed E-state index contributed by atoms with van der Waals surface area (Å²) in [6.07, 6.45) is 6.11. The van der Waals surface area contributed by atoms with Crippen molar-refractivity contribution < 1.29 is 19.1 Å². The number of carbonyl (C=O) groups is 3. The van der Waals surface area contributed by atoms with Crippen molar-refractivity contribution in [2.75, 3.05) is 48.8 Å². The molecule has 1 aliphatic carbocycles. The summed E-state index contributed by atoms with van der Waals surface area (Å²) < 4.78 is 5.51. The fourth-order valence-corrected chi connectivity index (χ4v) is 4.85. The van der Waals surface area contributed by atoms with Crippen LogP contribution in [0.3, 0.4) is 0 Å². The van der Waals surface area contributed by atoms with Crippen molar-refractivity contribution in [3.63, 3.8) is 0 Å². The topological polar surface area (TPSA) is 155 Å². The van der Waals surface area contributed by atoms with Gasteiger partial charge in [-0.2, -0.15) is 4.98 Å². The molecule has 0 bridgehead atoms. The van der Waals surface area contributed by atoms with Gasteiger partial charge in [0.25, 0.3) is 5.91 Å². The summed E-state index contributed by atoms with van der Waals surface area (Å²) in [7, 11) is 1.54. The molecule has 1 saturated carbocycles. The van der Waals surface area contributed by atoms with Gasteiger partial charge < -0.3 is 30.5 Å². The third-order valence-corrected chi connectivity index (χ3v) is 7.19. The second kappa shape index (κ2) is 10.3. The smallest absolute Gasteiger partial charge is 0.410 e. The molecular formula is C26H35N9O4. The van der Waals surface area contributed by atoms with Gasteiger partial charge in [0, 0.05) is 56.8 Å². The monoisotopic (exact) mass is 537 g/mol. The number of amides is 3. The van der Waals surface area contributed by atoms with Crippen LogP contribution in [0.1, 0.15) is 56.8 Å². The molecule has 0 atom stereocenters.